The van der Waals surface area contributed by atoms with Crippen molar-refractivity contribution in [1.82, 2.24) is 10.2 Å². The van der Waals surface area contributed by atoms with E-state index in [4.69, 9.17) is 11.6 Å². The normalized spacial score (nSPS) is 12.0. The van der Waals surface area contributed by atoms with Gasteiger partial charge in [-0.05, 0) is 73.7 Å². The van der Waals surface area contributed by atoms with Crippen molar-refractivity contribution in [2.45, 2.75) is 58.0 Å². The molecule has 1 atom stereocenters. The van der Waals surface area contributed by atoms with E-state index in [1.54, 1.807) is 48.5 Å². The summed E-state index contributed by atoms with van der Waals surface area (Å²) < 4.78 is 28.9. The molecule has 3 aromatic carbocycles. The Hall–Kier alpha value is -3.36. The summed E-state index contributed by atoms with van der Waals surface area (Å²) in [6.07, 6.45) is 1.09. The summed E-state index contributed by atoms with van der Waals surface area (Å²) in [5.74, 6) is -0.796. The third-order valence-corrected chi connectivity index (χ3v) is 8.49. The molecule has 1 N–H and O–H groups in total. The quantitative estimate of drug-likeness (QED) is 0.313. The Morgan fingerprint density at radius 3 is 2.13 bits per heavy atom. The van der Waals surface area contributed by atoms with Gasteiger partial charge in [-0.2, -0.15) is 0 Å². The van der Waals surface area contributed by atoms with E-state index < -0.39 is 28.5 Å². The lowest BCUT2D eigenvalue weighted by atomic mass is 10.1. The molecular formula is C30H36ClN3O4S. The van der Waals surface area contributed by atoms with Gasteiger partial charge < -0.3 is 10.2 Å². The van der Waals surface area contributed by atoms with Gasteiger partial charge in [0.15, 0.2) is 0 Å². The molecule has 7 nitrogen and oxygen atoms in total. The Morgan fingerprint density at radius 1 is 0.923 bits per heavy atom. The van der Waals surface area contributed by atoms with Crippen LogP contribution < -0.4 is 9.62 Å². The SMILES string of the molecule is CCCNC(=O)[C@H](CC)N(Cc1ccccc1Cl)C(=O)CN(c1cc(C)cc(C)c1)S(=O)(=O)c1ccccc1. The molecule has 2 amide bonds. The molecule has 0 saturated heterocycles. The minimum Gasteiger partial charge on any atom is -0.354 e. The zero-order valence-electron chi connectivity index (χ0n) is 22.9. The van der Waals surface area contributed by atoms with Crippen molar-refractivity contribution in [1.29, 1.82) is 0 Å². The summed E-state index contributed by atoms with van der Waals surface area (Å²) in [6, 6.07) is 19.8. The first kappa shape index (κ1) is 30.2. The number of hydrogen-bond acceptors (Lipinski definition) is 4. The Bertz CT molecular complexity index is 1380. The smallest absolute Gasteiger partial charge is 0.264 e. The maximum Gasteiger partial charge on any atom is 0.264 e. The second kappa shape index (κ2) is 13.6. The molecule has 3 aromatic rings. The maximum atomic E-state index is 14.1. The summed E-state index contributed by atoms with van der Waals surface area (Å²) in [4.78, 5) is 28.7. The average molecular weight is 570 g/mol. The van der Waals surface area contributed by atoms with Crippen LogP contribution in [0.5, 0.6) is 0 Å². The number of rotatable bonds is 12. The summed E-state index contributed by atoms with van der Waals surface area (Å²) in [5, 5.41) is 3.34. The van der Waals surface area contributed by atoms with Crippen molar-refractivity contribution < 1.29 is 18.0 Å². The molecule has 0 saturated carbocycles. The van der Waals surface area contributed by atoms with Crippen molar-refractivity contribution in [3.05, 3.63) is 94.5 Å². The minimum atomic E-state index is -4.10. The molecule has 39 heavy (non-hydrogen) atoms. The van der Waals surface area contributed by atoms with E-state index in [0.717, 1.165) is 21.9 Å². The number of nitrogens with one attached hydrogen (secondary N) is 1. The van der Waals surface area contributed by atoms with Gasteiger partial charge >= 0.3 is 0 Å². The number of aryl methyl sites for hydroxylation is 2. The van der Waals surface area contributed by atoms with Gasteiger partial charge in [-0.15, -0.1) is 0 Å². The lowest BCUT2D eigenvalue weighted by Crippen LogP contribution is -2.52. The third kappa shape index (κ3) is 7.61. The predicted molar refractivity (Wildman–Crippen MR) is 156 cm³/mol. The van der Waals surface area contributed by atoms with Gasteiger partial charge in [-0.3, -0.25) is 13.9 Å². The van der Waals surface area contributed by atoms with Gasteiger partial charge in [0, 0.05) is 18.1 Å². The fraction of sp³-hybridized carbons (Fsp3) is 0.333. The standard InChI is InChI=1S/C30H36ClN3O4S/c1-5-16-32-30(36)28(6-2)33(20-24-12-10-11-15-27(24)31)29(35)21-34(25-18-22(3)17-23(4)19-25)39(37,38)26-13-8-7-9-14-26/h7-15,17-19,28H,5-6,16,20-21H2,1-4H3,(H,32,36)/t28-/m0/s1. The van der Waals surface area contributed by atoms with E-state index in [0.29, 0.717) is 29.2 Å². The van der Waals surface area contributed by atoms with E-state index in [2.05, 4.69) is 5.32 Å². The molecule has 0 aliphatic carbocycles. The number of nitrogens with zero attached hydrogens (tertiary/aromatic N) is 2. The number of amides is 2. The Labute approximate surface area is 236 Å². The predicted octanol–water partition coefficient (Wildman–Crippen LogP) is 5.49. The molecule has 0 bridgehead atoms. The first-order valence-corrected chi connectivity index (χ1v) is 14.9. The lowest BCUT2D eigenvalue weighted by molar-refractivity contribution is -0.140. The van der Waals surface area contributed by atoms with Crippen LogP contribution in [0, 0.1) is 13.8 Å². The number of hydrogen-bond donors (Lipinski definition) is 1. The second-order valence-electron chi connectivity index (χ2n) is 9.50. The molecule has 0 aliphatic rings. The first-order valence-electron chi connectivity index (χ1n) is 13.0. The largest absolute Gasteiger partial charge is 0.354 e. The van der Waals surface area contributed by atoms with Crippen LogP contribution in [-0.2, 0) is 26.2 Å². The highest BCUT2D eigenvalue weighted by Crippen LogP contribution is 2.27. The van der Waals surface area contributed by atoms with Crippen LogP contribution in [0.1, 0.15) is 43.4 Å². The number of carbonyl (C=O) groups excluding carboxylic acids is 2. The van der Waals surface area contributed by atoms with Gasteiger partial charge in [0.2, 0.25) is 11.8 Å². The molecule has 0 aliphatic heterocycles. The molecule has 0 aromatic heterocycles. The van der Waals surface area contributed by atoms with Crippen LogP contribution in [0.25, 0.3) is 0 Å². The fourth-order valence-electron chi connectivity index (χ4n) is 4.44. The van der Waals surface area contributed by atoms with E-state index in [1.165, 1.54) is 17.0 Å². The molecule has 0 unspecified atom stereocenters. The summed E-state index contributed by atoms with van der Waals surface area (Å²) >= 11 is 6.43. The summed E-state index contributed by atoms with van der Waals surface area (Å²) in [5.41, 5.74) is 2.78. The zero-order valence-corrected chi connectivity index (χ0v) is 24.4. The lowest BCUT2D eigenvalue weighted by Gasteiger charge is -2.33. The van der Waals surface area contributed by atoms with Crippen LogP contribution in [0.2, 0.25) is 5.02 Å². The van der Waals surface area contributed by atoms with Crippen molar-refractivity contribution in [3.8, 4) is 0 Å². The molecule has 208 valence electrons. The second-order valence-corrected chi connectivity index (χ2v) is 11.8. The molecular weight excluding hydrogens is 534 g/mol. The van der Waals surface area contributed by atoms with Crippen LogP contribution >= 0.6 is 11.6 Å². The molecule has 3 rings (SSSR count). The molecule has 0 heterocycles. The van der Waals surface area contributed by atoms with E-state index in [1.807, 2.05) is 39.8 Å². The zero-order chi connectivity index (χ0) is 28.6. The average Bonchev–Trinajstić information content (AvgIpc) is 2.91. The van der Waals surface area contributed by atoms with Gasteiger partial charge in [0.05, 0.1) is 10.6 Å². The van der Waals surface area contributed by atoms with Gasteiger partial charge in [-0.1, -0.05) is 67.9 Å². The summed E-state index contributed by atoms with van der Waals surface area (Å²) in [7, 11) is -4.10. The highest BCUT2D eigenvalue weighted by molar-refractivity contribution is 7.92. The Morgan fingerprint density at radius 2 is 1.54 bits per heavy atom. The molecule has 9 heteroatoms. The van der Waals surface area contributed by atoms with Crippen LogP contribution in [-0.4, -0.2) is 44.3 Å². The Balaban J connectivity index is 2.08. The number of anilines is 1. The number of sulfonamides is 1. The van der Waals surface area contributed by atoms with Gasteiger partial charge in [0.25, 0.3) is 10.0 Å². The van der Waals surface area contributed by atoms with Crippen molar-refractivity contribution in [2.24, 2.45) is 0 Å². The van der Waals surface area contributed by atoms with Crippen LogP contribution in [0.4, 0.5) is 5.69 Å². The number of halogens is 1. The van der Waals surface area contributed by atoms with E-state index in [-0.39, 0.29) is 17.3 Å². The number of benzene rings is 3. The van der Waals surface area contributed by atoms with Crippen molar-refractivity contribution in [3.63, 3.8) is 0 Å². The van der Waals surface area contributed by atoms with E-state index in [9.17, 15) is 18.0 Å². The third-order valence-electron chi connectivity index (χ3n) is 6.34. The molecule has 0 fully saturated rings. The topological polar surface area (TPSA) is 86.8 Å². The van der Waals surface area contributed by atoms with Crippen molar-refractivity contribution >= 4 is 39.1 Å². The first-order chi connectivity index (χ1) is 18.6. The van der Waals surface area contributed by atoms with Crippen LogP contribution in [0.3, 0.4) is 0 Å². The fourth-order valence-corrected chi connectivity index (χ4v) is 6.05. The monoisotopic (exact) mass is 569 g/mol. The highest BCUT2D eigenvalue weighted by Gasteiger charge is 2.34. The minimum absolute atomic E-state index is 0.0582. The Kier molecular flexibility index (Phi) is 10.5. The van der Waals surface area contributed by atoms with Crippen molar-refractivity contribution in [2.75, 3.05) is 17.4 Å². The molecule has 0 radical (unpaired) electrons. The molecule has 0 spiro atoms. The van der Waals surface area contributed by atoms with E-state index >= 15 is 0 Å². The summed E-state index contributed by atoms with van der Waals surface area (Å²) in [6.45, 7) is 7.57. The maximum absolute atomic E-state index is 14.1. The number of carbonyl (C=O) groups is 2. The van der Waals surface area contributed by atoms with Crippen LogP contribution in [0.15, 0.2) is 77.7 Å². The van der Waals surface area contributed by atoms with Gasteiger partial charge in [-0.25, -0.2) is 8.42 Å². The van der Waals surface area contributed by atoms with Gasteiger partial charge in [0.1, 0.15) is 12.6 Å². The highest BCUT2D eigenvalue weighted by atomic mass is 35.5.